The maximum absolute atomic E-state index is 12.9. The standard InChI is InChI=1S/C20H14BrNO/c21-17-13-11-16(12-14-17)20(23)19(15-7-3-1-4-8-15)22-18-9-5-2-6-10-18/h1-14H. The number of carbonyl (C=O) groups excluding carboxylic acids is 1. The Morgan fingerprint density at radius 1 is 0.696 bits per heavy atom. The summed E-state index contributed by atoms with van der Waals surface area (Å²) in [6, 6.07) is 26.4. The molecule has 112 valence electrons. The van der Waals surface area contributed by atoms with Gasteiger partial charge in [0.2, 0.25) is 5.78 Å². The predicted molar refractivity (Wildman–Crippen MR) is 97.6 cm³/mol. The monoisotopic (exact) mass is 363 g/mol. The molecular formula is C20H14BrNO. The van der Waals surface area contributed by atoms with Crippen molar-refractivity contribution in [3.8, 4) is 0 Å². The molecule has 3 rings (SSSR count). The van der Waals surface area contributed by atoms with Crippen molar-refractivity contribution in [2.45, 2.75) is 0 Å². The fourth-order valence-corrected chi connectivity index (χ4v) is 2.48. The number of para-hydroxylation sites is 1. The average molecular weight is 364 g/mol. The molecule has 0 amide bonds. The van der Waals surface area contributed by atoms with Crippen LogP contribution in [0.3, 0.4) is 0 Å². The fraction of sp³-hybridized carbons (Fsp3) is 0. The van der Waals surface area contributed by atoms with Gasteiger partial charge >= 0.3 is 0 Å². The van der Waals surface area contributed by atoms with Gasteiger partial charge in [-0.2, -0.15) is 0 Å². The van der Waals surface area contributed by atoms with E-state index in [1.165, 1.54) is 0 Å². The highest BCUT2D eigenvalue weighted by Crippen LogP contribution is 2.17. The minimum absolute atomic E-state index is 0.0902. The van der Waals surface area contributed by atoms with Crippen molar-refractivity contribution in [2.24, 2.45) is 4.99 Å². The van der Waals surface area contributed by atoms with Crippen LogP contribution in [0.2, 0.25) is 0 Å². The molecule has 0 aliphatic rings. The first-order valence-electron chi connectivity index (χ1n) is 7.23. The first-order chi connectivity index (χ1) is 11.2. The highest BCUT2D eigenvalue weighted by molar-refractivity contribution is 9.10. The summed E-state index contributed by atoms with van der Waals surface area (Å²) in [6.07, 6.45) is 0. The molecule has 23 heavy (non-hydrogen) atoms. The third-order valence-corrected chi connectivity index (χ3v) is 3.89. The first kappa shape index (κ1) is 15.4. The Balaban J connectivity index is 2.07. The van der Waals surface area contributed by atoms with Gasteiger partial charge in [0.1, 0.15) is 5.71 Å². The van der Waals surface area contributed by atoms with Gasteiger partial charge in [0.15, 0.2) is 0 Å². The molecule has 3 aromatic carbocycles. The van der Waals surface area contributed by atoms with E-state index in [-0.39, 0.29) is 5.78 Å². The molecular weight excluding hydrogens is 350 g/mol. The number of aliphatic imine (C=N–C) groups is 1. The van der Waals surface area contributed by atoms with E-state index >= 15 is 0 Å². The Morgan fingerprint density at radius 2 is 1.26 bits per heavy atom. The summed E-state index contributed by atoms with van der Waals surface area (Å²) in [5, 5.41) is 0. The van der Waals surface area contributed by atoms with Crippen LogP contribution in [0.15, 0.2) is 94.4 Å². The zero-order valence-electron chi connectivity index (χ0n) is 12.3. The second-order valence-corrected chi connectivity index (χ2v) is 5.91. The second-order valence-electron chi connectivity index (χ2n) is 5.00. The Morgan fingerprint density at radius 3 is 1.87 bits per heavy atom. The van der Waals surface area contributed by atoms with Crippen LogP contribution in [0.25, 0.3) is 0 Å². The van der Waals surface area contributed by atoms with Crippen molar-refractivity contribution in [2.75, 3.05) is 0 Å². The van der Waals surface area contributed by atoms with Crippen molar-refractivity contribution < 1.29 is 4.79 Å². The van der Waals surface area contributed by atoms with E-state index in [4.69, 9.17) is 0 Å². The van der Waals surface area contributed by atoms with Gasteiger partial charge in [-0.3, -0.25) is 4.79 Å². The zero-order valence-corrected chi connectivity index (χ0v) is 13.9. The Hall–Kier alpha value is -2.52. The largest absolute Gasteiger partial charge is 0.287 e. The normalized spacial score (nSPS) is 11.3. The van der Waals surface area contributed by atoms with E-state index in [1.807, 2.05) is 72.8 Å². The van der Waals surface area contributed by atoms with Gasteiger partial charge in [-0.15, -0.1) is 0 Å². The number of hydrogen-bond donors (Lipinski definition) is 0. The SMILES string of the molecule is O=C(C(=Nc1ccccc1)c1ccccc1)c1ccc(Br)cc1. The van der Waals surface area contributed by atoms with Crippen molar-refractivity contribution in [1.82, 2.24) is 0 Å². The van der Waals surface area contributed by atoms with E-state index in [2.05, 4.69) is 20.9 Å². The molecule has 0 saturated heterocycles. The lowest BCUT2D eigenvalue weighted by Gasteiger charge is -2.07. The minimum atomic E-state index is -0.0902. The molecule has 0 saturated carbocycles. The number of Topliss-reactive ketones (excluding diaryl/α,β-unsaturated/α-hetero) is 1. The van der Waals surface area contributed by atoms with Crippen LogP contribution in [0.1, 0.15) is 15.9 Å². The summed E-state index contributed by atoms with van der Waals surface area (Å²) in [7, 11) is 0. The first-order valence-corrected chi connectivity index (χ1v) is 8.03. The van der Waals surface area contributed by atoms with Gasteiger partial charge < -0.3 is 0 Å². The fourth-order valence-electron chi connectivity index (χ4n) is 2.21. The Labute approximate surface area is 143 Å². The quantitative estimate of drug-likeness (QED) is 0.447. The lowest BCUT2D eigenvalue weighted by molar-refractivity contribution is 0.106. The van der Waals surface area contributed by atoms with E-state index in [0.29, 0.717) is 11.3 Å². The topological polar surface area (TPSA) is 29.4 Å². The maximum Gasteiger partial charge on any atom is 0.211 e. The molecule has 0 fully saturated rings. The molecule has 0 atom stereocenters. The molecule has 0 aromatic heterocycles. The van der Waals surface area contributed by atoms with Crippen molar-refractivity contribution in [3.63, 3.8) is 0 Å². The van der Waals surface area contributed by atoms with Gasteiger partial charge in [-0.1, -0.05) is 64.5 Å². The Kier molecular flexibility index (Phi) is 4.79. The molecule has 0 unspecified atom stereocenters. The van der Waals surface area contributed by atoms with Gasteiger partial charge in [-0.05, 0) is 36.4 Å². The van der Waals surface area contributed by atoms with Crippen molar-refractivity contribution in [1.29, 1.82) is 0 Å². The lowest BCUT2D eigenvalue weighted by Crippen LogP contribution is -2.15. The molecule has 0 N–H and O–H groups in total. The van der Waals surface area contributed by atoms with Crippen LogP contribution in [0.4, 0.5) is 5.69 Å². The molecule has 0 radical (unpaired) electrons. The van der Waals surface area contributed by atoms with Crippen LogP contribution in [-0.4, -0.2) is 11.5 Å². The number of hydrogen-bond acceptors (Lipinski definition) is 2. The second kappa shape index (κ2) is 7.16. The van der Waals surface area contributed by atoms with Crippen molar-refractivity contribution >= 4 is 33.1 Å². The molecule has 3 aromatic rings. The van der Waals surface area contributed by atoms with Gasteiger partial charge in [-0.25, -0.2) is 4.99 Å². The highest BCUT2D eigenvalue weighted by Gasteiger charge is 2.16. The molecule has 0 spiro atoms. The molecule has 2 nitrogen and oxygen atoms in total. The van der Waals surface area contributed by atoms with E-state index < -0.39 is 0 Å². The predicted octanol–water partition coefficient (Wildman–Crippen LogP) is 5.45. The van der Waals surface area contributed by atoms with E-state index in [9.17, 15) is 4.79 Å². The van der Waals surface area contributed by atoms with E-state index in [1.54, 1.807) is 12.1 Å². The summed E-state index contributed by atoms with van der Waals surface area (Å²) < 4.78 is 0.940. The molecule has 0 heterocycles. The molecule has 3 heteroatoms. The van der Waals surface area contributed by atoms with E-state index in [0.717, 1.165) is 15.7 Å². The van der Waals surface area contributed by atoms with Gasteiger partial charge in [0.05, 0.1) is 5.69 Å². The smallest absolute Gasteiger partial charge is 0.211 e. The molecule has 0 aliphatic carbocycles. The van der Waals surface area contributed by atoms with Crippen LogP contribution in [0, 0.1) is 0 Å². The summed E-state index contributed by atoms with van der Waals surface area (Å²) in [5.41, 5.74) is 2.63. The minimum Gasteiger partial charge on any atom is -0.287 e. The maximum atomic E-state index is 12.9. The number of nitrogens with zero attached hydrogens (tertiary/aromatic N) is 1. The molecule has 0 bridgehead atoms. The number of ketones is 1. The zero-order chi connectivity index (χ0) is 16.1. The number of halogens is 1. The third kappa shape index (κ3) is 3.82. The lowest BCUT2D eigenvalue weighted by atomic mass is 10.0. The number of rotatable bonds is 4. The number of benzene rings is 3. The third-order valence-electron chi connectivity index (χ3n) is 3.37. The van der Waals surface area contributed by atoms with Gasteiger partial charge in [0, 0.05) is 15.6 Å². The summed E-state index contributed by atoms with van der Waals surface area (Å²) in [6.45, 7) is 0. The average Bonchev–Trinajstić information content (AvgIpc) is 2.61. The van der Waals surface area contributed by atoms with Gasteiger partial charge in [0.25, 0.3) is 0 Å². The van der Waals surface area contributed by atoms with Crippen LogP contribution in [0.5, 0.6) is 0 Å². The van der Waals surface area contributed by atoms with Crippen LogP contribution < -0.4 is 0 Å². The Bertz CT molecular complexity index is 825. The summed E-state index contributed by atoms with van der Waals surface area (Å²) in [5.74, 6) is -0.0902. The van der Waals surface area contributed by atoms with Crippen LogP contribution in [-0.2, 0) is 0 Å². The molecule has 0 aliphatic heterocycles. The summed E-state index contributed by atoms with van der Waals surface area (Å²) in [4.78, 5) is 17.5. The summed E-state index contributed by atoms with van der Waals surface area (Å²) >= 11 is 3.39. The van der Waals surface area contributed by atoms with Crippen molar-refractivity contribution in [3.05, 3.63) is 101 Å². The highest BCUT2D eigenvalue weighted by atomic mass is 79.9. The number of carbonyl (C=O) groups is 1. The van der Waals surface area contributed by atoms with Crippen LogP contribution >= 0.6 is 15.9 Å².